The molecule has 4 N–H and O–H groups in total. The molecule has 2 rings (SSSR count). The number of rotatable bonds is 7. The van der Waals surface area contributed by atoms with Crippen molar-refractivity contribution < 1.29 is 9.59 Å². The molecule has 0 aromatic carbocycles. The molecule has 0 spiro atoms. The summed E-state index contributed by atoms with van der Waals surface area (Å²) in [6.07, 6.45) is 9.30. The van der Waals surface area contributed by atoms with Gasteiger partial charge in [0.1, 0.15) is 0 Å². The van der Waals surface area contributed by atoms with Crippen LogP contribution in [0.1, 0.15) is 72.1 Å². The fraction of sp³-hybridized carbons (Fsp3) is 0.905. The first-order chi connectivity index (χ1) is 12.4. The van der Waals surface area contributed by atoms with E-state index in [1.54, 1.807) is 0 Å². The van der Waals surface area contributed by atoms with Crippen molar-refractivity contribution in [3.05, 3.63) is 0 Å². The molecule has 2 fully saturated rings. The first-order valence-electron chi connectivity index (χ1n) is 10.7. The molecule has 0 bridgehead atoms. The van der Waals surface area contributed by atoms with Gasteiger partial charge < -0.3 is 16.4 Å². The number of carbonyl (C=O) groups excluding carboxylic acids is 2. The van der Waals surface area contributed by atoms with E-state index in [1.165, 1.54) is 25.7 Å². The number of hydrogen-bond donors (Lipinski definition) is 3. The lowest BCUT2D eigenvalue weighted by molar-refractivity contribution is -0.130. The smallest absolute Gasteiger partial charge is 0.234 e. The van der Waals surface area contributed by atoms with Gasteiger partial charge >= 0.3 is 0 Å². The second-order valence-corrected chi connectivity index (χ2v) is 8.95. The van der Waals surface area contributed by atoms with Crippen molar-refractivity contribution in [2.45, 2.75) is 78.2 Å². The molecule has 0 radical (unpaired) electrons. The van der Waals surface area contributed by atoms with Gasteiger partial charge in [0.2, 0.25) is 11.8 Å². The van der Waals surface area contributed by atoms with E-state index in [2.05, 4.69) is 31.4 Å². The Bertz CT molecular complexity index is 460. The summed E-state index contributed by atoms with van der Waals surface area (Å²) >= 11 is 0. The van der Waals surface area contributed by atoms with Crippen LogP contribution in [0.5, 0.6) is 0 Å². The van der Waals surface area contributed by atoms with E-state index in [-0.39, 0.29) is 30.3 Å². The van der Waals surface area contributed by atoms with Gasteiger partial charge in [0.15, 0.2) is 0 Å². The highest BCUT2D eigenvalue weighted by atomic mass is 16.2. The molecule has 0 aromatic rings. The molecule has 26 heavy (non-hydrogen) atoms. The summed E-state index contributed by atoms with van der Waals surface area (Å²) in [5, 5.41) is 6.25. The van der Waals surface area contributed by atoms with Crippen LogP contribution in [0.25, 0.3) is 0 Å². The normalized spacial score (nSPS) is 28.6. The zero-order valence-corrected chi connectivity index (χ0v) is 16.9. The van der Waals surface area contributed by atoms with Gasteiger partial charge in [-0.25, -0.2) is 0 Å². The molecule has 0 heterocycles. The van der Waals surface area contributed by atoms with Gasteiger partial charge in [-0.05, 0) is 49.4 Å². The van der Waals surface area contributed by atoms with Gasteiger partial charge in [0.05, 0.1) is 6.54 Å². The fourth-order valence-corrected chi connectivity index (χ4v) is 4.98. The maximum absolute atomic E-state index is 13.0. The summed E-state index contributed by atoms with van der Waals surface area (Å²) in [6, 6.07) is 0.00816. The third kappa shape index (κ3) is 5.97. The zero-order valence-electron chi connectivity index (χ0n) is 16.9. The van der Waals surface area contributed by atoms with Gasteiger partial charge in [-0.15, -0.1) is 0 Å². The Morgan fingerprint density at radius 1 is 1.08 bits per heavy atom. The Morgan fingerprint density at radius 2 is 1.77 bits per heavy atom. The summed E-state index contributed by atoms with van der Waals surface area (Å²) in [5.41, 5.74) is 5.49. The molecular weight excluding hydrogens is 326 g/mol. The molecule has 2 amide bonds. The van der Waals surface area contributed by atoms with E-state index < -0.39 is 0 Å². The Morgan fingerprint density at radius 3 is 2.38 bits per heavy atom. The van der Waals surface area contributed by atoms with Crippen molar-refractivity contribution in [2.24, 2.45) is 35.3 Å². The molecule has 4 atom stereocenters. The SMILES string of the molecule is CC(C)[C@@H]1CC[C@@H](C)C[C@H]1C(=O)NC[C@@H](NC(=O)CN)C1CCCCC1. The predicted octanol–water partition coefficient (Wildman–Crippen LogP) is 2.83. The number of nitrogens with one attached hydrogen (secondary N) is 2. The maximum Gasteiger partial charge on any atom is 0.234 e. The van der Waals surface area contributed by atoms with Crippen LogP contribution < -0.4 is 16.4 Å². The van der Waals surface area contributed by atoms with Crippen molar-refractivity contribution >= 4 is 11.8 Å². The summed E-state index contributed by atoms with van der Waals surface area (Å²) in [5.74, 6) is 2.23. The monoisotopic (exact) mass is 365 g/mol. The lowest BCUT2D eigenvalue weighted by atomic mass is 9.69. The second kappa shape index (κ2) is 10.3. The topological polar surface area (TPSA) is 84.2 Å². The molecule has 0 aromatic heterocycles. The first-order valence-corrected chi connectivity index (χ1v) is 10.7. The Labute approximate surface area is 159 Å². The molecule has 0 saturated heterocycles. The Balaban J connectivity index is 1.96. The van der Waals surface area contributed by atoms with Gasteiger partial charge in [-0.2, -0.15) is 0 Å². The lowest BCUT2D eigenvalue weighted by Gasteiger charge is -2.37. The molecule has 0 unspecified atom stereocenters. The van der Waals surface area contributed by atoms with Crippen molar-refractivity contribution in [3.8, 4) is 0 Å². The van der Waals surface area contributed by atoms with E-state index in [0.717, 1.165) is 25.7 Å². The highest BCUT2D eigenvalue weighted by Gasteiger charge is 2.36. The van der Waals surface area contributed by atoms with Gasteiger partial charge in [-0.1, -0.05) is 46.5 Å². The quantitative estimate of drug-likeness (QED) is 0.648. The van der Waals surface area contributed by atoms with Crippen LogP contribution in [0.3, 0.4) is 0 Å². The summed E-state index contributed by atoms with van der Waals surface area (Å²) in [4.78, 5) is 24.8. The van der Waals surface area contributed by atoms with Gasteiger partial charge in [-0.3, -0.25) is 9.59 Å². The molecule has 2 aliphatic carbocycles. The van der Waals surface area contributed by atoms with Crippen LogP contribution in [0, 0.1) is 29.6 Å². The van der Waals surface area contributed by atoms with Crippen LogP contribution in [0.4, 0.5) is 0 Å². The van der Waals surface area contributed by atoms with Gasteiger partial charge in [0, 0.05) is 18.5 Å². The minimum Gasteiger partial charge on any atom is -0.354 e. The second-order valence-electron chi connectivity index (χ2n) is 8.95. The highest BCUT2D eigenvalue weighted by molar-refractivity contribution is 5.80. The number of carbonyl (C=O) groups is 2. The Kier molecular flexibility index (Phi) is 8.39. The van der Waals surface area contributed by atoms with E-state index in [9.17, 15) is 9.59 Å². The summed E-state index contributed by atoms with van der Waals surface area (Å²) in [6.45, 7) is 7.25. The number of nitrogens with two attached hydrogens (primary N) is 1. The van der Waals surface area contributed by atoms with Crippen molar-refractivity contribution in [1.29, 1.82) is 0 Å². The molecule has 0 aliphatic heterocycles. The molecule has 5 nitrogen and oxygen atoms in total. The van der Waals surface area contributed by atoms with E-state index in [0.29, 0.717) is 30.2 Å². The van der Waals surface area contributed by atoms with E-state index >= 15 is 0 Å². The van der Waals surface area contributed by atoms with Crippen LogP contribution in [0.15, 0.2) is 0 Å². The average molecular weight is 366 g/mol. The Hall–Kier alpha value is -1.10. The highest BCUT2D eigenvalue weighted by Crippen LogP contribution is 2.38. The van der Waals surface area contributed by atoms with Gasteiger partial charge in [0.25, 0.3) is 0 Å². The number of hydrogen-bond acceptors (Lipinski definition) is 3. The van der Waals surface area contributed by atoms with Crippen LogP contribution in [-0.4, -0.2) is 30.9 Å². The minimum absolute atomic E-state index is 0.00668. The van der Waals surface area contributed by atoms with E-state index in [4.69, 9.17) is 5.73 Å². The summed E-state index contributed by atoms with van der Waals surface area (Å²) < 4.78 is 0. The standard InChI is InChI=1S/C21H39N3O2/c1-14(2)17-10-9-15(3)11-18(17)21(26)23-13-19(24-20(25)12-22)16-7-5-4-6-8-16/h14-19H,4-13,22H2,1-3H3,(H,23,26)(H,24,25)/t15-,17+,18-,19-/m1/s1. The van der Waals surface area contributed by atoms with Crippen molar-refractivity contribution in [2.75, 3.05) is 13.1 Å². The largest absolute Gasteiger partial charge is 0.354 e. The third-order valence-electron chi connectivity index (χ3n) is 6.61. The van der Waals surface area contributed by atoms with Crippen molar-refractivity contribution in [3.63, 3.8) is 0 Å². The van der Waals surface area contributed by atoms with Crippen LogP contribution >= 0.6 is 0 Å². The zero-order chi connectivity index (χ0) is 19.1. The lowest BCUT2D eigenvalue weighted by Crippen LogP contribution is -2.51. The molecule has 150 valence electrons. The predicted molar refractivity (Wildman–Crippen MR) is 105 cm³/mol. The maximum atomic E-state index is 13.0. The fourth-order valence-electron chi connectivity index (χ4n) is 4.98. The average Bonchev–Trinajstić information content (AvgIpc) is 2.64. The number of amides is 2. The molecule has 2 aliphatic rings. The molecule has 2 saturated carbocycles. The summed E-state index contributed by atoms with van der Waals surface area (Å²) in [7, 11) is 0. The van der Waals surface area contributed by atoms with Crippen LogP contribution in [0.2, 0.25) is 0 Å². The first kappa shape index (κ1) is 21.2. The minimum atomic E-state index is -0.124. The third-order valence-corrected chi connectivity index (χ3v) is 6.61. The van der Waals surface area contributed by atoms with Crippen LogP contribution in [-0.2, 0) is 9.59 Å². The molecule has 5 heteroatoms. The van der Waals surface area contributed by atoms with E-state index in [1.807, 2.05) is 0 Å². The molecular formula is C21H39N3O2. The van der Waals surface area contributed by atoms with Crippen molar-refractivity contribution in [1.82, 2.24) is 10.6 Å².